The Morgan fingerprint density at radius 1 is 0.284 bits per heavy atom. The number of anilines is 3. The van der Waals surface area contributed by atoms with Gasteiger partial charge in [-0.05, 0) is 115 Å². The van der Waals surface area contributed by atoms with E-state index >= 15 is 0 Å². The molecule has 0 N–H and O–H groups in total. The molecule has 2 heterocycles. The van der Waals surface area contributed by atoms with Crippen LogP contribution in [0.4, 0.5) is 17.1 Å². The minimum Gasteiger partial charge on any atom is -0.311 e. The molecule has 2 aromatic heterocycles. The molecule has 67 heavy (non-hydrogen) atoms. The number of nitrogens with zero attached hydrogens (tertiary/aromatic N) is 1. The summed E-state index contributed by atoms with van der Waals surface area (Å²) < 4.78 is 0. The first-order valence-electron chi connectivity index (χ1n) is 23.5. The highest BCUT2D eigenvalue weighted by Crippen LogP contribution is 2.70. The normalized spacial score (nSPS) is 15.9. The Labute approximate surface area is 402 Å². The van der Waals surface area contributed by atoms with Crippen LogP contribution in [-0.2, 0) is 21.7 Å². The minimum absolute atomic E-state index is 0.209. The van der Waals surface area contributed by atoms with Crippen LogP contribution in [0.5, 0.6) is 0 Å². The molecule has 322 valence electrons. The molecule has 0 amide bonds. The van der Waals surface area contributed by atoms with Gasteiger partial charge >= 0.3 is 0 Å². The molecule has 0 unspecified atom stereocenters. The number of benzene rings is 8. The Bertz CT molecular complexity index is 3230. The predicted octanol–water partition coefficient (Wildman–Crippen LogP) is 17.0. The lowest BCUT2D eigenvalue weighted by atomic mass is 9.48. The molecule has 2 spiro atoms. The van der Waals surface area contributed by atoms with Crippen molar-refractivity contribution in [3.8, 4) is 20.9 Å². The summed E-state index contributed by atoms with van der Waals surface area (Å²) in [5.74, 6) is 0. The van der Waals surface area contributed by atoms with Crippen LogP contribution in [-0.4, -0.2) is 0 Å². The van der Waals surface area contributed by atoms with Crippen LogP contribution in [0.2, 0.25) is 0 Å². The standard InChI is InChI=1S/C64H49NS2/c1-61(2)47-28-14-18-32-51(47)63(52-33-19-15-29-48(52)61)55-40-57(42-22-8-5-9-23-42)66-59(55)64(53-34-20-16-30-49(53)62(3,4)50-31-17-21-35-54(50)64)56-41-58(67-60(56)63)43-36-38-46(39-37-43)65(44-24-10-6-11-25-44)45-26-12-7-13-27-45/h5-41H,1-4H3. The van der Waals surface area contributed by atoms with Crippen LogP contribution in [0.15, 0.2) is 224 Å². The van der Waals surface area contributed by atoms with Gasteiger partial charge in [0, 0.05) is 47.4 Å². The molecular formula is C64H49NS2. The summed E-state index contributed by atoms with van der Waals surface area (Å²) in [7, 11) is 0. The Morgan fingerprint density at radius 2 is 0.567 bits per heavy atom. The van der Waals surface area contributed by atoms with E-state index in [0.29, 0.717) is 0 Å². The van der Waals surface area contributed by atoms with Crippen molar-refractivity contribution in [3.63, 3.8) is 0 Å². The highest BCUT2D eigenvalue weighted by molar-refractivity contribution is 7.17. The summed E-state index contributed by atoms with van der Waals surface area (Å²) in [6.07, 6.45) is 0. The Balaban J connectivity index is 1.16. The zero-order valence-corrected chi connectivity index (χ0v) is 39.8. The Morgan fingerprint density at radius 3 is 0.925 bits per heavy atom. The van der Waals surface area contributed by atoms with E-state index in [1.165, 1.54) is 86.3 Å². The lowest BCUT2D eigenvalue weighted by Gasteiger charge is -2.55. The third-order valence-corrected chi connectivity index (χ3v) is 18.1. The van der Waals surface area contributed by atoms with Crippen LogP contribution in [0.1, 0.15) is 93.1 Å². The average Bonchev–Trinajstić information content (AvgIpc) is 4.04. The Kier molecular flexibility index (Phi) is 8.85. The molecule has 0 atom stereocenters. The van der Waals surface area contributed by atoms with E-state index in [1.807, 2.05) is 22.7 Å². The predicted molar refractivity (Wildman–Crippen MR) is 282 cm³/mol. The highest BCUT2D eigenvalue weighted by atomic mass is 32.1. The maximum absolute atomic E-state index is 2.62. The molecule has 0 saturated carbocycles. The zero-order valence-electron chi connectivity index (χ0n) is 38.1. The highest BCUT2D eigenvalue weighted by Gasteiger charge is 2.62. The van der Waals surface area contributed by atoms with Gasteiger partial charge in [-0.3, -0.25) is 0 Å². The fraction of sp³-hybridized carbons (Fsp3) is 0.125. The van der Waals surface area contributed by atoms with Crippen LogP contribution in [0, 0.1) is 0 Å². The van der Waals surface area contributed by atoms with Crippen molar-refractivity contribution in [2.75, 3.05) is 4.90 Å². The lowest BCUT2D eigenvalue weighted by molar-refractivity contribution is 0.522. The summed E-state index contributed by atoms with van der Waals surface area (Å²) in [5, 5.41) is 0. The summed E-state index contributed by atoms with van der Waals surface area (Å²) in [6.45, 7) is 9.71. The molecule has 3 aliphatic carbocycles. The first kappa shape index (κ1) is 40.3. The molecule has 0 radical (unpaired) electrons. The maximum atomic E-state index is 2.62. The summed E-state index contributed by atoms with van der Waals surface area (Å²) in [5.41, 5.74) is 18.2. The topological polar surface area (TPSA) is 3.24 Å². The number of para-hydroxylation sites is 2. The van der Waals surface area contributed by atoms with E-state index < -0.39 is 10.8 Å². The number of rotatable bonds is 5. The van der Waals surface area contributed by atoms with Gasteiger partial charge in [-0.15, -0.1) is 22.7 Å². The van der Waals surface area contributed by atoms with Crippen LogP contribution < -0.4 is 4.90 Å². The van der Waals surface area contributed by atoms with Gasteiger partial charge in [-0.1, -0.05) is 204 Å². The van der Waals surface area contributed by atoms with Crippen molar-refractivity contribution < 1.29 is 0 Å². The van der Waals surface area contributed by atoms with Gasteiger partial charge in [0.05, 0.1) is 10.8 Å². The maximum Gasteiger partial charge on any atom is 0.0815 e. The largest absolute Gasteiger partial charge is 0.311 e. The number of thiophene rings is 2. The molecule has 0 aliphatic heterocycles. The van der Waals surface area contributed by atoms with Gasteiger partial charge in [0.1, 0.15) is 0 Å². The molecule has 10 aromatic rings. The van der Waals surface area contributed by atoms with Gasteiger partial charge in [-0.2, -0.15) is 0 Å². The van der Waals surface area contributed by atoms with E-state index in [2.05, 4.69) is 257 Å². The zero-order chi connectivity index (χ0) is 45.1. The fourth-order valence-corrected chi connectivity index (χ4v) is 15.4. The van der Waals surface area contributed by atoms with Gasteiger partial charge in [0.2, 0.25) is 0 Å². The first-order chi connectivity index (χ1) is 32.7. The molecule has 3 aliphatic rings. The van der Waals surface area contributed by atoms with Gasteiger partial charge in [0.25, 0.3) is 0 Å². The fourth-order valence-electron chi connectivity index (χ4n) is 12.5. The van der Waals surface area contributed by atoms with Gasteiger partial charge in [-0.25, -0.2) is 0 Å². The van der Waals surface area contributed by atoms with Gasteiger partial charge < -0.3 is 4.90 Å². The van der Waals surface area contributed by atoms with Crippen LogP contribution >= 0.6 is 22.7 Å². The minimum atomic E-state index is -0.584. The molecule has 0 bridgehead atoms. The lowest BCUT2D eigenvalue weighted by Crippen LogP contribution is -2.50. The molecule has 0 fully saturated rings. The summed E-state index contributed by atoms with van der Waals surface area (Å²) in [4.78, 5) is 7.76. The van der Waals surface area contributed by atoms with Crippen molar-refractivity contribution in [3.05, 3.63) is 290 Å². The number of hydrogen-bond acceptors (Lipinski definition) is 3. The monoisotopic (exact) mass is 895 g/mol. The first-order valence-corrected chi connectivity index (χ1v) is 25.1. The molecule has 0 saturated heterocycles. The molecule has 1 nitrogen and oxygen atoms in total. The van der Waals surface area contributed by atoms with E-state index in [-0.39, 0.29) is 10.8 Å². The third-order valence-electron chi connectivity index (χ3n) is 15.5. The van der Waals surface area contributed by atoms with E-state index in [9.17, 15) is 0 Å². The summed E-state index contributed by atoms with van der Waals surface area (Å²) >= 11 is 4.01. The van der Waals surface area contributed by atoms with Crippen LogP contribution in [0.25, 0.3) is 20.9 Å². The third kappa shape index (κ3) is 5.47. The van der Waals surface area contributed by atoms with E-state index in [4.69, 9.17) is 0 Å². The number of hydrogen-bond donors (Lipinski definition) is 0. The quantitative estimate of drug-likeness (QED) is 0.166. The van der Waals surface area contributed by atoms with Crippen molar-refractivity contribution in [2.24, 2.45) is 0 Å². The smallest absolute Gasteiger partial charge is 0.0815 e. The SMILES string of the molecule is CC1(C)c2ccccc2C2(c3ccccc31)c1cc(-c3ccc(N(c4ccccc4)c4ccccc4)cc3)sc1C1(c3ccccc3C(C)(C)c3ccccc31)c1cc(-c3ccccc3)sc12. The molecule has 13 rings (SSSR count). The van der Waals surface area contributed by atoms with Crippen LogP contribution in [0.3, 0.4) is 0 Å². The van der Waals surface area contributed by atoms with Gasteiger partial charge in [0.15, 0.2) is 0 Å². The van der Waals surface area contributed by atoms with Crippen molar-refractivity contribution >= 4 is 39.7 Å². The molecule has 8 aromatic carbocycles. The summed E-state index contributed by atoms with van der Waals surface area (Å²) in [6, 6.07) is 84.7. The van der Waals surface area contributed by atoms with Crippen molar-refractivity contribution in [1.29, 1.82) is 0 Å². The molecule has 3 heteroatoms. The van der Waals surface area contributed by atoms with E-state index in [1.54, 1.807) is 0 Å². The average molecular weight is 896 g/mol. The second-order valence-corrected chi connectivity index (χ2v) is 21.7. The van der Waals surface area contributed by atoms with Crippen molar-refractivity contribution in [2.45, 2.75) is 49.4 Å². The Hall–Kier alpha value is -7.04. The second kappa shape index (κ2) is 14.7. The number of fused-ring (bicyclic) bond motifs is 14. The second-order valence-electron chi connectivity index (χ2n) is 19.6. The van der Waals surface area contributed by atoms with E-state index in [0.717, 1.165) is 17.1 Å². The molecular weight excluding hydrogens is 847 g/mol. The van der Waals surface area contributed by atoms with Crippen molar-refractivity contribution in [1.82, 2.24) is 0 Å².